The molecule has 19 heavy (non-hydrogen) atoms. The number of nitrogens with zero attached hydrogens (tertiary/aromatic N) is 2. The van der Waals surface area contributed by atoms with Gasteiger partial charge in [0, 0.05) is 25.4 Å². The summed E-state index contributed by atoms with van der Waals surface area (Å²) in [5.41, 5.74) is 1.08. The van der Waals surface area contributed by atoms with Gasteiger partial charge in [-0.2, -0.15) is 5.10 Å². The van der Waals surface area contributed by atoms with Crippen LogP contribution in [0.25, 0.3) is 0 Å². The molecule has 2 N–H and O–H groups in total. The Morgan fingerprint density at radius 3 is 2.53 bits per heavy atom. The highest BCUT2D eigenvalue weighted by Crippen LogP contribution is 2.14. The van der Waals surface area contributed by atoms with Crippen LogP contribution in [-0.4, -0.2) is 27.5 Å². The van der Waals surface area contributed by atoms with Crippen molar-refractivity contribution in [2.75, 3.05) is 6.61 Å². The first-order chi connectivity index (χ1) is 9.12. The maximum absolute atomic E-state index is 9.06. The molecule has 1 aromatic rings. The molecule has 1 heterocycles. The van der Waals surface area contributed by atoms with Crippen molar-refractivity contribution in [2.24, 2.45) is 5.92 Å². The molecule has 1 aromatic heterocycles. The van der Waals surface area contributed by atoms with E-state index in [1.54, 1.807) is 0 Å². The van der Waals surface area contributed by atoms with Gasteiger partial charge in [0.2, 0.25) is 0 Å². The molecule has 4 heteroatoms. The lowest BCUT2D eigenvalue weighted by Crippen LogP contribution is -2.34. The molecule has 0 fully saturated rings. The van der Waals surface area contributed by atoms with E-state index in [4.69, 9.17) is 5.11 Å². The van der Waals surface area contributed by atoms with Gasteiger partial charge in [-0.15, -0.1) is 0 Å². The van der Waals surface area contributed by atoms with Crippen LogP contribution in [-0.2, 0) is 6.54 Å². The van der Waals surface area contributed by atoms with Crippen molar-refractivity contribution in [2.45, 2.75) is 65.6 Å². The number of hydrogen-bond acceptors (Lipinski definition) is 3. The summed E-state index contributed by atoms with van der Waals surface area (Å²) in [6.45, 7) is 9.76. The summed E-state index contributed by atoms with van der Waals surface area (Å²) in [7, 11) is 0. The van der Waals surface area contributed by atoms with E-state index in [9.17, 15) is 0 Å². The van der Waals surface area contributed by atoms with Gasteiger partial charge >= 0.3 is 0 Å². The molecule has 0 bridgehead atoms. The van der Waals surface area contributed by atoms with E-state index >= 15 is 0 Å². The molecule has 1 rings (SSSR count). The molecule has 1 atom stereocenters. The maximum atomic E-state index is 9.06. The summed E-state index contributed by atoms with van der Waals surface area (Å²) < 4.78 is 2.08. The Hall–Kier alpha value is -0.870. The third-order valence-corrected chi connectivity index (χ3v) is 3.77. The third kappa shape index (κ3) is 4.96. The fraction of sp³-hybridized carbons (Fsp3) is 0.800. The SMILES string of the molecule is CCC(CC)n1ccc(CNC(CCO)C(C)C)n1. The van der Waals surface area contributed by atoms with Crippen LogP contribution in [0.2, 0.25) is 0 Å². The van der Waals surface area contributed by atoms with Crippen molar-refractivity contribution < 1.29 is 5.11 Å². The van der Waals surface area contributed by atoms with Crippen molar-refractivity contribution in [1.29, 1.82) is 0 Å². The molecule has 0 aliphatic carbocycles. The maximum Gasteiger partial charge on any atom is 0.0762 e. The van der Waals surface area contributed by atoms with Crippen LogP contribution in [0.4, 0.5) is 0 Å². The van der Waals surface area contributed by atoms with E-state index in [2.05, 4.69) is 55.1 Å². The van der Waals surface area contributed by atoms with Crippen LogP contribution < -0.4 is 5.32 Å². The predicted molar refractivity (Wildman–Crippen MR) is 79.0 cm³/mol. The fourth-order valence-corrected chi connectivity index (χ4v) is 2.38. The van der Waals surface area contributed by atoms with E-state index < -0.39 is 0 Å². The normalized spacial score (nSPS) is 13.4. The summed E-state index contributed by atoms with van der Waals surface area (Å²) in [4.78, 5) is 0. The van der Waals surface area contributed by atoms with Crippen LogP contribution in [0.1, 0.15) is 58.7 Å². The molecule has 0 radical (unpaired) electrons. The Morgan fingerprint density at radius 2 is 2.00 bits per heavy atom. The second kappa shape index (κ2) is 8.33. The summed E-state index contributed by atoms with van der Waals surface area (Å²) in [6, 6.07) is 2.94. The van der Waals surface area contributed by atoms with Crippen molar-refractivity contribution >= 4 is 0 Å². The van der Waals surface area contributed by atoms with E-state index in [1.165, 1.54) is 0 Å². The number of aliphatic hydroxyl groups is 1. The zero-order valence-electron chi connectivity index (χ0n) is 12.8. The van der Waals surface area contributed by atoms with Gasteiger partial charge < -0.3 is 10.4 Å². The van der Waals surface area contributed by atoms with Gasteiger partial charge in [0.15, 0.2) is 0 Å². The standard InChI is InChI=1S/C15H29N3O/c1-5-14(6-2)18-9-7-13(17-18)11-16-15(8-10-19)12(3)4/h7,9,12,14-16,19H,5-6,8,10-11H2,1-4H3. The Labute approximate surface area is 117 Å². The van der Waals surface area contributed by atoms with Crippen molar-refractivity contribution in [3.8, 4) is 0 Å². The summed E-state index contributed by atoms with van der Waals surface area (Å²) in [5.74, 6) is 0.522. The zero-order chi connectivity index (χ0) is 14.3. The molecule has 0 amide bonds. The Kier molecular flexibility index (Phi) is 7.10. The van der Waals surface area contributed by atoms with Crippen LogP contribution in [0.5, 0.6) is 0 Å². The molecule has 1 unspecified atom stereocenters. The molecule has 0 spiro atoms. The predicted octanol–water partition coefficient (Wildman–Crippen LogP) is 2.74. The smallest absolute Gasteiger partial charge is 0.0762 e. The highest BCUT2D eigenvalue weighted by molar-refractivity contribution is 5.00. The first-order valence-corrected chi connectivity index (χ1v) is 7.50. The molecule has 0 aliphatic heterocycles. The van der Waals surface area contributed by atoms with Gasteiger partial charge in [0.05, 0.1) is 11.7 Å². The quantitative estimate of drug-likeness (QED) is 0.723. The number of aromatic nitrogens is 2. The van der Waals surface area contributed by atoms with E-state index in [-0.39, 0.29) is 6.61 Å². The lowest BCUT2D eigenvalue weighted by atomic mass is 10.0. The van der Waals surface area contributed by atoms with Crippen LogP contribution in [0, 0.1) is 5.92 Å². The Bertz CT molecular complexity index is 345. The van der Waals surface area contributed by atoms with Crippen molar-refractivity contribution in [3.05, 3.63) is 18.0 Å². The first-order valence-electron chi connectivity index (χ1n) is 7.50. The number of rotatable bonds is 9. The van der Waals surface area contributed by atoms with E-state index in [0.29, 0.717) is 18.0 Å². The van der Waals surface area contributed by atoms with Gasteiger partial charge in [0.25, 0.3) is 0 Å². The van der Waals surface area contributed by atoms with Crippen LogP contribution in [0.15, 0.2) is 12.3 Å². The number of nitrogens with one attached hydrogen (secondary N) is 1. The van der Waals surface area contributed by atoms with Crippen LogP contribution >= 0.6 is 0 Å². The lowest BCUT2D eigenvalue weighted by Gasteiger charge is -2.21. The highest BCUT2D eigenvalue weighted by atomic mass is 16.3. The topological polar surface area (TPSA) is 50.1 Å². The second-order valence-corrected chi connectivity index (χ2v) is 5.50. The van der Waals surface area contributed by atoms with E-state index in [1.807, 2.05) is 0 Å². The van der Waals surface area contributed by atoms with Crippen molar-refractivity contribution in [1.82, 2.24) is 15.1 Å². The minimum atomic E-state index is 0.234. The fourth-order valence-electron chi connectivity index (χ4n) is 2.38. The number of hydrogen-bond donors (Lipinski definition) is 2. The largest absolute Gasteiger partial charge is 0.396 e. The van der Waals surface area contributed by atoms with Crippen LogP contribution in [0.3, 0.4) is 0 Å². The first kappa shape index (κ1) is 16.2. The molecule has 0 saturated carbocycles. The van der Waals surface area contributed by atoms with Gasteiger partial charge in [-0.3, -0.25) is 4.68 Å². The van der Waals surface area contributed by atoms with E-state index in [0.717, 1.165) is 31.5 Å². The second-order valence-electron chi connectivity index (χ2n) is 5.50. The third-order valence-electron chi connectivity index (χ3n) is 3.77. The number of aliphatic hydroxyl groups excluding tert-OH is 1. The van der Waals surface area contributed by atoms with Gasteiger partial charge in [-0.25, -0.2) is 0 Å². The summed E-state index contributed by atoms with van der Waals surface area (Å²) >= 11 is 0. The molecule has 0 saturated heterocycles. The monoisotopic (exact) mass is 267 g/mol. The molecule has 0 aromatic carbocycles. The average Bonchev–Trinajstić information content (AvgIpc) is 2.84. The lowest BCUT2D eigenvalue weighted by molar-refractivity contribution is 0.243. The Morgan fingerprint density at radius 1 is 1.32 bits per heavy atom. The average molecular weight is 267 g/mol. The molecule has 110 valence electrons. The molecular weight excluding hydrogens is 238 g/mol. The highest BCUT2D eigenvalue weighted by Gasteiger charge is 2.13. The minimum absolute atomic E-state index is 0.234. The van der Waals surface area contributed by atoms with Gasteiger partial charge in [-0.1, -0.05) is 27.7 Å². The van der Waals surface area contributed by atoms with Gasteiger partial charge in [0.1, 0.15) is 0 Å². The summed E-state index contributed by atoms with van der Waals surface area (Å²) in [5, 5.41) is 17.2. The van der Waals surface area contributed by atoms with Gasteiger partial charge in [-0.05, 0) is 31.2 Å². The molecular formula is C15H29N3O. The van der Waals surface area contributed by atoms with Crippen molar-refractivity contribution in [3.63, 3.8) is 0 Å². The summed E-state index contributed by atoms with van der Waals surface area (Å²) in [6.07, 6.45) is 5.10. The Balaban J connectivity index is 2.53. The zero-order valence-corrected chi connectivity index (χ0v) is 12.8. The molecule has 0 aliphatic rings. The molecule has 4 nitrogen and oxygen atoms in total. The minimum Gasteiger partial charge on any atom is -0.396 e.